The summed E-state index contributed by atoms with van der Waals surface area (Å²) < 4.78 is 17.1. The minimum atomic E-state index is -2.47. The first-order valence-electron chi connectivity index (χ1n) is 5.67. The summed E-state index contributed by atoms with van der Waals surface area (Å²) in [5.74, 6) is 0.804. The van der Waals surface area contributed by atoms with E-state index in [0.717, 1.165) is 18.2 Å². The van der Waals surface area contributed by atoms with Crippen LogP contribution in [0.15, 0.2) is 0 Å². The molecule has 0 saturated carbocycles. The summed E-state index contributed by atoms with van der Waals surface area (Å²) >= 11 is 1.26. The molecule has 0 aliphatic heterocycles. The largest absolute Gasteiger partial charge is 0.500 e. The molecule has 0 aliphatic rings. The minimum Gasteiger partial charge on any atom is -0.374 e. The third-order valence-corrected chi connectivity index (χ3v) is 5.66. The lowest BCUT2D eigenvalue weighted by Gasteiger charge is -2.28. The molecule has 0 rings (SSSR count). The van der Waals surface area contributed by atoms with Gasteiger partial charge in [0, 0.05) is 31.6 Å². The number of rotatable bonds is 10. The zero-order valence-electron chi connectivity index (χ0n) is 10.3. The SMILES string of the molecule is CCO[Si](CCCSC#N)(OCC)OCC. The summed E-state index contributed by atoms with van der Waals surface area (Å²) in [5, 5.41) is 10.5. The van der Waals surface area contributed by atoms with Crippen LogP contribution < -0.4 is 0 Å². The van der Waals surface area contributed by atoms with Gasteiger partial charge in [-0.3, -0.25) is 0 Å². The molecule has 94 valence electrons. The number of nitrogens with zero attached hydrogens (tertiary/aromatic N) is 1. The van der Waals surface area contributed by atoms with Crippen LogP contribution in [0.3, 0.4) is 0 Å². The van der Waals surface area contributed by atoms with Gasteiger partial charge in [-0.25, -0.2) is 0 Å². The second-order valence-electron chi connectivity index (χ2n) is 3.03. The maximum atomic E-state index is 8.44. The Morgan fingerprint density at radius 2 is 1.56 bits per heavy atom. The molecule has 0 aliphatic carbocycles. The standard InChI is InChI=1S/C10H21NO3SSi/c1-4-12-16(13-5-2,14-6-3)9-7-8-15-10-11/h4-9H2,1-3H3. The van der Waals surface area contributed by atoms with Crippen LogP contribution in [0.5, 0.6) is 0 Å². The van der Waals surface area contributed by atoms with Crippen molar-refractivity contribution in [3.05, 3.63) is 0 Å². The highest BCUT2D eigenvalue weighted by molar-refractivity contribution is 8.03. The van der Waals surface area contributed by atoms with Gasteiger partial charge >= 0.3 is 8.80 Å². The van der Waals surface area contributed by atoms with Crippen molar-refractivity contribution in [2.24, 2.45) is 0 Å². The summed E-state index contributed by atoms with van der Waals surface area (Å²) in [6.45, 7) is 7.67. The smallest absolute Gasteiger partial charge is 0.374 e. The Bertz CT molecular complexity index is 194. The second-order valence-corrected chi connectivity index (χ2v) is 6.64. The van der Waals surface area contributed by atoms with E-state index < -0.39 is 8.80 Å². The van der Waals surface area contributed by atoms with Gasteiger partial charge in [0.2, 0.25) is 0 Å². The Morgan fingerprint density at radius 1 is 1.06 bits per heavy atom. The molecular weight excluding hydrogens is 242 g/mol. The number of nitriles is 1. The van der Waals surface area contributed by atoms with E-state index in [1.807, 2.05) is 20.8 Å². The number of hydrogen-bond donors (Lipinski definition) is 0. The fraction of sp³-hybridized carbons (Fsp3) is 0.900. The number of thioether (sulfide) groups is 1. The van der Waals surface area contributed by atoms with Crippen molar-refractivity contribution in [1.82, 2.24) is 0 Å². The topological polar surface area (TPSA) is 51.5 Å². The molecule has 0 spiro atoms. The van der Waals surface area contributed by atoms with Crippen molar-refractivity contribution in [2.45, 2.75) is 33.2 Å². The van der Waals surface area contributed by atoms with E-state index in [9.17, 15) is 0 Å². The van der Waals surface area contributed by atoms with Crippen molar-refractivity contribution in [2.75, 3.05) is 25.6 Å². The van der Waals surface area contributed by atoms with Crippen LogP contribution in [-0.4, -0.2) is 34.4 Å². The molecular formula is C10H21NO3SSi. The van der Waals surface area contributed by atoms with E-state index in [-0.39, 0.29) is 0 Å². The lowest BCUT2D eigenvalue weighted by Crippen LogP contribution is -2.46. The predicted molar refractivity (Wildman–Crippen MR) is 68.1 cm³/mol. The summed E-state index contributed by atoms with van der Waals surface area (Å²) in [7, 11) is -2.47. The van der Waals surface area contributed by atoms with Gasteiger partial charge in [-0.15, -0.1) is 0 Å². The van der Waals surface area contributed by atoms with Gasteiger partial charge in [0.05, 0.1) is 0 Å². The quantitative estimate of drug-likeness (QED) is 0.344. The Morgan fingerprint density at radius 3 is 1.94 bits per heavy atom. The zero-order valence-corrected chi connectivity index (χ0v) is 12.1. The molecule has 0 heterocycles. The van der Waals surface area contributed by atoms with Crippen LogP contribution in [0.1, 0.15) is 27.2 Å². The van der Waals surface area contributed by atoms with Gasteiger partial charge in [-0.2, -0.15) is 5.26 Å². The van der Waals surface area contributed by atoms with E-state index in [2.05, 4.69) is 5.40 Å². The van der Waals surface area contributed by atoms with E-state index in [0.29, 0.717) is 19.8 Å². The molecule has 0 fully saturated rings. The Balaban J connectivity index is 4.18. The van der Waals surface area contributed by atoms with E-state index >= 15 is 0 Å². The first-order valence-corrected chi connectivity index (χ1v) is 8.59. The fourth-order valence-corrected chi connectivity index (χ4v) is 4.66. The van der Waals surface area contributed by atoms with E-state index in [1.54, 1.807) is 0 Å². The summed E-state index contributed by atoms with van der Waals surface area (Å²) in [6.07, 6.45) is 0.893. The fourth-order valence-electron chi connectivity index (χ4n) is 1.41. The maximum absolute atomic E-state index is 8.44. The maximum Gasteiger partial charge on any atom is 0.500 e. The first kappa shape index (κ1) is 15.9. The van der Waals surface area contributed by atoms with Crippen molar-refractivity contribution in [3.63, 3.8) is 0 Å². The van der Waals surface area contributed by atoms with Gasteiger partial charge in [0.25, 0.3) is 0 Å². The third-order valence-electron chi connectivity index (χ3n) is 1.89. The molecule has 0 amide bonds. The van der Waals surface area contributed by atoms with Crippen molar-refractivity contribution < 1.29 is 13.3 Å². The molecule has 16 heavy (non-hydrogen) atoms. The van der Waals surface area contributed by atoms with Gasteiger partial charge in [0.15, 0.2) is 0 Å². The van der Waals surface area contributed by atoms with Crippen LogP contribution >= 0.6 is 11.8 Å². The average molecular weight is 263 g/mol. The highest BCUT2D eigenvalue weighted by Gasteiger charge is 2.39. The van der Waals surface area contributed by atoms with Gasteiger partial charge in [-0.1, -0.05) is 0 Å². The highest BCUT2D eigenvalue weighted by atomic mass is 32.2. The minimum absolute atomic E-state index is 0.609. The van der Waals surface area contributed by atoms with Crippen molar-refractivity contribution in [3.8, 4) is 5.40 Å². The number of thiocyanates is 1. The molecule has 0 atom stereocenters. The normalized spacial score (nSPS) is 11.4. The summed E-state index contributed by atoms with van der Waals surface area (Å²) in [6, 6.07) is 0.789. The highest BCUT2D eigenvalue weighted by Crippen LogP contribution is 2.19. The van der Waals surface area contributed by atoms with Crippen LogP contribution in [0.2, 0.25) is 6.04 Å². The van der Waals surface area contributed by atoms with Gasteiger partial charge in [0.1, 0.15) is 5.40 Å². The molecule has 0 aromatic heterocycles. The Kier molecular flexibility index (Phi) is 10.1. The van der Waals surface area contributed by atoms with Crippen LogP contribution in [0.4, 0.5) is 0 Å². The Hall–Kier alpha value is -0.0631. The molecule has 0 aromatic rings. The molecule has 0 saturated heterocycles. The van der Waals surface area contributed by atoms with Crippen LogP contribution in [0.25, 0.3) is 0 Å². The summed E-state index contributed by atoms with van der Waals surface area (Å²) in [4.78, 5) is 0. The van der Waals surface area contributed by atoms with E-state index in [1.165, 1.54) is 11.8 Å². The lowest BCUT2D eigenvalue weighted by molar-refractivity contribution is 0.0712. The first-order chi connectivity index (χ1) is 7.74. The van der Waals surface area contributed by atoms with Crippen molar-refractivity contribution >= 4 is 20.6 Å². The molecule has 0 radical (unpaired) electrons. The molecule has 0 unspecified atom stereocenters. The monoisotopic (exact) mass is 263 g/mol. The lowest BCUT2D eigenvalue weighted by atomic mass is 10.6. The van der Waals surface area contributed by atoms with Crippen LogP contribution in [0, 0.1) is 10.7 Å². The van der Waals surface area contributed by atoms with Gasteiger partial charge < -0.3 is 13.3 Å². The molecule has 0 N–H and O–H groups in total. The van der Waals surface area contributed by atoms with Crippen molar-refractivity contribution in [1.29, 1.82) is 5.26 Å². The molecule has 0 aromatic carbocycles. The zero-order chi connectivity index (χ0) is 12.3. The third kappa shape index (κ3) is 6.50. The molecule has 6 heteroatoms. The summed E-state index contributed by atoms with van der Waals surface area (Å²) in [5.41, 5.74) is 0. The second kappa shape index (κ2) is 10.1. The average Bonchev–Trinajstić information content (AvgIpc) is 2.26. The van der Waals surface area contributed by atoms with E-state index in [4.69, 9.17) is 18.5 Å². The predicted octanol–water partition coefficient (Wildman–Crippen LogP) is 2.64. The number of hydrogen-bond acceptors (Lipinski definition) is 5. The van der Waals surface area contributed by atoms with Gasteiger partial charge in [-0.05, 0) is 39.0 Å². The molecule has 0 bridgehead atoms. The molecule has 4 nitrogen and oxygen atoms in total. The Labute approximate surface area is 104 Å². The van der Waals surface area contributed by atoms with Crippen LogP contribution in [-0.2, 0) is 13.3 Å².